The summed E-state index contributed by atoms with van der Waals surface area (Å²) in [6.45, 7) is 0.384. The van der Waals surface area contributed by atoms with Crippen LogP contribution in [0.5, 0.6) is 0 Å². The number of primary sulfonamides is 1. The van der Waals surface area contributed by atoms with E-state index in [1.807, 2.05) is 12.1 Å². The van der Waals surface area contributed by atoms with Gasteiger partial charge in [-0.05, 0) is 42.7 Å². The SMILES string of the molecule is NS(=O)(=O)CCCSc1nc2ccccc2c(=O)n1CCc1ccc(Cl)cc1Cl. The van der Waals surface area contributed by atoms with E-state index in [9.17, 15) is 13.2 Å². The number of sulfonamides is 1. The molecule has 2 aromatic carbocycles. The molecule has 0 bridgehead atoms. The number of aromatic nitrogens is 2. The summed E-state index contributed by atoms with van der Waals surface area (Å²) >= 11 is 13.5. The number of para-hydroxylation sites is 1. The lowest BCUT2D eigenvalue weighted by atomic mass is 10.1. The number of rotatable bonds is 8. The summed E-state index contributed by atoms with van der Waals surface area (Å²) in [5.41, 5.74) is 1.34. The highest BCUT2D eigenvalue weighted by molar-refractivity contribution is 7.99. The highest BCUT2D eigenvalue weighted by Crippen LogP contribution is 2.23. The van der Waals surface area contributed by atoms with E-state index in [4.69, 9.17) is 28.3 Å². The Kier molecular flexibility index (Phi) is 7.23. The minimum Gasteiger partial charge on any atom is -0.287 e. The van der Waals surface area contributed by atoms with Crippen molar-refractivity contribution in [1.82, 2.24) is 9.55 Å². The zero-order valence-corrected chi connectivity index (χ0v) is 18.5. The Hall–Kier alpha value is -1.58. The van der Waals surface area contributed by atoms with Crippen molar-refractivity contribution in [3.63, 3.8) is 0 Å². The molecule has 1 aromatic heterocycles. The largest absolute Gasteiger partial charge is 0.287 e. The number of hydrogen-bond acceptors (Lipinski definition) is 5. The Morgan fingerprint density at radius 3 is 2.62 bits per heavy atom. The average molecular weight is 472 g/mol. The van der Waals surface area contributed by atoms with Gasteiger partial charge in [-0.3, -0.25) is 9.36 Å². The van der Waals surface area contributed by atoms with Gasteiger partial charge in [0.25, 0.3) is 5.56 Å². The van der Waals surface area contributed by atoms with E-state index < -0.39 is 10.0 Å². The maximum absolute atomic E-state index is 13.0. The molecule has 2 N–H and O–H groups in total. The highest BCUT2D eigenvalue weighted by Gasteiger charge is 2.13. The molecular formula is C19H19Cl2N3O3S2. The van der Waals surface area contributed by atoms with Gasteiger partial charge in [0.2, 0.25) is 10.0 Å². The van der Waals surface area contributed by atoms with E-state index in [1.54, 1.807) is 34.9 Å². The maximum Gasteiger partial charge on any atom is 0.262 e. The molecule has 0 fully saturated rings. The van der Waals surface area contributed by atoms with Gasteiger partial charge in [-0.15, -0.1) is 0 Å². The topological polar surface area (TPSA) is 95.1 Å². The van der Waals surface area contributed by atoms with Crippen LogP contribution in [0.1, 0.15) is 12.0 Å². The van der Waals surface area contributed by atoms with E-state index >= 15 is 0 Å². The number of aryl methyl sites for hydroxylation is 1. The first-order valence-electron chi connectivity index (χ1n) is 8.81. The van der Waals surface area contributed by atoms with Gasteiger partial charge in [-0.25, -0.2) is 18.5 Å². The van der Waals surface area contributed by atoms with Crippen LogP contribution in [0.15, 0.2) is 52.4 Å². The van der Waals surface area contributed by atoms with Gasteiger partial charge < -0.3 is 0 Å². The van der Waals surface area contributed by atoms with Crippen molar-refractivity contribution in [2.45, 2.75) is 24.5 Å². The van der Waals surface area contributed by atoms with Crippen molar-refractivity contribution in [1.29, 1.82) is 0 Å². The number of nitrogens with two attached hydrogens (primary N) is 1. The zero-order valence-electron chi connectivity index (χ0n) is 15.3. The van der Waals surface area contributed by atoms with Crippen LogP contribution in [0.3, 0.4) is 0 Å². The Labute approximate surface area is 183 Å². The van der Waals surface area contributed by atoms with Gasteiger partial charge in [-0.2, -0.15) is 0 Å². The molecule has 0 amide bonds. The van der Waals surface area contributed by atoms with Crippen molar-refractivity contribution in [3.05, 3.63) is 68.4 Å². The quantitative estimate of drug-likeness (QED) is 0.306. The van der Waals surface area contributed by atoms with Crippen LogP contribution in [-0.2, 0) is 23.0 Å². The van der Waals surface area contributed by atoms with Crippen LogP contribution in [0.4, 0.5) is 0 Å². The second-order valence-electron chi connectivity index (χ2n) is 6.42. The predicted molar refractivity (Wildman–Crippen MR) is 119 cm³/mol. The number of fused-ring (bicyclic) bond motifs is 1. The van der Waals surface area contributed by atoms with Gasteiger partial charge in [0.05, 0.1) is 16.7 Å². The first-order valence-corrected chi connectivity index (χ1v) is 12.3. The number of halogens is 2. The maximum atomic E-state index is 13.0. The molecule has 0 aliphatic carbocycles. The summed E-state index contributed by atoms with van der Waals surface area (Å²) in [6.07, 6.45) is 0.899. The normalized spacial score (nSPS) is 11.8. The van der Waals surface area contributed by atoms with Crippen LogP contribution in [0, 0.1) is 0 Å². The molecule has 0 saturated heterocycles. The van der Waals surface area contributed by atoms with E-state index in [0.29, 0.717) is 51.2 Å². The third-order valence-electron chi connectivity index (χ3n) is 4.25. The van der Waals surface area contributed by atoms with E-state index in [-0.39, 0.29) is 11.3 Å². The average Bonchev–Trinajstić information content (AvgIpc) is 2.65. The van der Waals surface area contributed by atoms with E-state index in [0.717, 1.165) is 5.56 Å². The molecule has 6 nitrogen and oxygen atoms in total. The number of thioether (sulfide) groups is 1. The monoisotopic (exact) mass is 471 g/mol. The molecule has 154 valence electrons. The molecule has 0 aliphatic heterocycles. The van der Waals surface area contributed by atoms with Crippen LogP contribution in [0.25, 0.3) is 10.9 Å². The summed E-state index contributed by atoms with van der Waals surface area (Å²) in [4.78, 5) is 17.7. The van der Waals surface area contributed by atoms with Crippen LogP contribution in [0.2, 0.25) is 10.0 Å². The first-order chi connectivity index (χ1) is 13.7. The van der Waals surface area contributed by atoms with E-state index in [1.165, 1.54) is 11.8 Å². The highest BCUT2D eigenvalue weighted by atomic mass is 35.5. The minimum atomic E-state index is -3.51. The third-order valence-corrected chi connectivity index (χ3v) is 6.76. The van der Waals surface area contributed by atoms with E-state index in [2.05, 4.69) is 4.98 Å². The van der Waals surface area contributed by atoms with Crippen molar-refractivity contribution in [2.75, 3.05) is 11.5 Å². The van der Waals surface area contributed by atoms with Crippen LogP contribution in [-0.4, -0.2) is 29.5 Å². The zero-order chi connectivity index (χ0) is 21.0. The number of hydrogen-bond donors (Lipinski definition) is 1. The van der Waals surface area contributed by atoms with Crippen LogP contribution < -0.4 is 10.7 Å². The predicted octanol–water partition coefficient (Wildman–Crippen LogP) is 3.72. The summed E-state index contributed by atoms with van der Waals surface area (Å²) in [7, 11) is -3.51. The molecule has 3 rings (SSSR count). The Balaban J connectivity index is 1.88. The van der Waals surface area contributed by atoms with Gasteiger partial charge in [0.15, 0.2) is 5.16 Å². The molecule has 10 heteroatoms. The molecule has 29 heavy (non-hydrogen) atoms. The van der Waals surface area contributed by atoms with Gasteiger partial charge in [0, 0.05) is 22.3 Å². The Morgan fingerprint density at radius 2 is 1.90 bits per heavy atom. The Bertz CT molecular complexity index is 1200. The lowest BCUT2D eigenvalue weighted by Crippen LogP contribution is -2.24. The summed E-state index contributed by atoms with van der Waals surface area (Å²) in [5.74, 6) is 0.362. The molecule has 1 heterocycles. The van der Waals surface area contributed by atoms with Crippen molar-refractivity contribution in [2.24, 2.45) is 5.14 Å². The third kappa shape index (κ3) is 5.96. The molecule has 0 atom stereocenters. The first kappa shape index (κ1) is 22.1. The fraction of sp³-hybridized carbons (Fsp3) is 0.263. The lowest BCUT2D eigenvalue weighted by Gasteiger charge is -2.14. The minimum absolute atomic E-state index is 0.113. The number of benzene rings is 2. The lowest BCUT2D eigenvalue weighted by molar-refractivity contribution is 0.593. The fourth-order valence-electron chi connectivity index (χ4n) is 2.84. The molecule has 0 spiro atoms. The molecular weight excluding hydrogens is 453 g/mol. The van der Waals surface area contributed by atoms with Crippen LogP contribution >= 0.6 is 35.0 Å². The van der Waals surface area contributed by atoms with Crippen molar-refractivity contribution < 1.29 is 8.42 Å². The smallest absolute Gasteiger partial charge is 0.262 e. The molecule has 0 radical (unpaired) electrons. The van der Waals surface area contributed by atoms with Gasteiger partial charge >= 0.3 is 0 Å². The van der Waals surface area contributed by atoms with Gasteiger partial charge in [0.1, 0.15) is 0 Å². The Morgan fingerprint density at radius 1 is 1.14 bits per heavy atom. The summed E-state index contributed by atoms with van der Waals surface area (Å²) in [6, 6.07) is 12.4. The van der Waals surface area contributed by atoms with Gasteiger partial charge in [-0.1, -0.05) is 53.2 Å². The second-order valence-corrected chi connectivity index (χ2v) is 10.1. The molecule has 3 aromatic rings. The standard InChI is InChI=1S/C19H19Cl2N3O3S2/c20-14-7-6-13(16(21)12-14)8-9-24-18(25)15-4-1-2-5-17(15)23-19(24)28-10-3-11-29(22,26)27/h1-2,4-7,12H,3,8-11H2,(H2,22,26,27). The molecule has 0 saturated carbocycles. The summed E-state index contributed by atoms with van der Waals surface area (Å²) in [5, 5.41) is 7.21. The molecule has 0 aliphatic rings. The molecule has 0 unspecified atom stereocenters. The van der Waals surface area contributed by atoms with Crippen molar-refractivity contribution >= 4 is 55.9 Å². The summed E-state index contributed by atoms with van der Waals surface area (Å²) < 4.78 is 23.9. The van der Waals surface area contributed by atoms with Crippen molar-refractivity contribution in [3.8, 4) is 0 Å². The fourth-order valence-corrected chi connectivity index (χ4v) is 5.03. The number of nitrogens with zero attached hydrogens (tertiary/aromatic N) is 2. The second kappa shape index (κ2) is 9.49.